The number of carbonyl (C=O) groups is 2. The predicted octanol–water partition coefficient (Wildman–Crippen LogP) is 9.35. The van der Waals surface area contributed by atoms with Crippen molar-refractivity contribution in [2.45, 2.75) is 13.8 Å². The van der Waals surface area contributed by atoms with Crippen molar-refractivity contribution in [3.63, 3.8) is 0 Å². The molecule has 0 amide bonds. The SMILES string of the molecule is CC.CI.COC(=O)c1ccc2cc3c(cc2c1)oc1cc2c(cc13)oc1cc3cc(C(=O)O)ccc3cc12. The van der Waals surface area contributed by atoms with Crippen LogP contribution in [0, 0.1) is 0 Å². The lowest BCUT2D eigenvalue weighted by Gasteiger charge is -2.02. The van der Waals surface area contributed by atoms with E-state index in [1.54, 1.807) is 24.3 Å². The third-order valence-electron chi connectivity index (χ3n) is 6.65. The molecule has 7 rings (SSSR count). The van der Waals surface area contributed by atoms with Gasteiger partial charge in [-0.05, 0) is 87.1 Å². The number of fused-ring (bicyclic) bond motifs is 8. The first-order valence-electron chi connectivity index (χ1n) is 12.4. The van der Waals surface area contributed by atoms with Crippen LogP contribution in [0.2, 0.25) is 0 Å². The van der Waals surface area contributed by atoms with Crippen molar-refractivity contribution in [2.75, 3.05) is 12.0 Å². The van der Waals surface area contributed by atoms with Gasteiger partial charge < -0.3 is 18.7 Å². The second-order valence-corrected chi connectivity index (χ2v) is 8.67. The first kappa shape index (κ1) is 26.5. The minimum atomic E-state index is -0.960. The molecule has 7 aromatic rings. The van der Waals surface area contributed by atoms with Crippen molar-refractivity contribution in [3.8, 4) is 0 Å². The molecule has 6 nitrogen and oxygen atoms in total. The number of carboxylic acids is 1. The molecule has 0 unspecified atom stereocenters. The molecule has 0 radical (unpaired) electrons. The summed E-state index contributed by atoms with van der Waals surface area (Å²) in [7, 11) is 1.37. The smallest absolute Gasteiger partial charge is 0.337 e. The zero-order chi connectivity index (χ0) is 27.8. The molecule has 2 aromatic heterocycles. The van der Waals surface area contributed by atoms with Crippen LogP contribution in [0.5, 0.6) is 0 Å². The number of hydrogen-bond acceptors (Lipinski definition) is 5. The number of furan rings is 2. The average Bonchev–Trinajstić information content (AvgIpc) is 3.50. The Bertz CT molecular complexity index is 2050. The molecule has 0 spiro atoms. The summed E-state index contributed by atoms with van der Waals surface area (Å²) in [6, 6.07) is 22.4. The van der Waals surface area contributed by atoms with Gasteiger partial charge in [0.15, 0.2) is 0 Å². The van der Waals surface area contributed by atoms with E-state index < -0.39 is 5.97 Å². The van der Waals surface area contributed by atoms with Gasteiger partial charge in [0.1, 0.15) is 22.3 Å². The van der Waals surface area contributed by atoms with Crippen LogP contribution in [0.15, 0.2) is 81.6 Å². The van der Waals surface area contributed by atoms with Crippen LogP contribution in [0.1, 0.15) is 34.6 Å². The Morgan fingerprint density at radius 1 is 0.615 bits per heavy atom. The van der Waals surface area contributed by atoms with Crippen LogP contribution in [-0.4, -0.2) is 29.1 Å². The maximum Gasteiger partial charge on any atom is 0.337 e. The van der Waals surface area contributed by atoms with Crippen LogP contribution in [0.3, 0.4) is 0 Å². The van der Waals surface area contributed by atoms with Gasteiger partial charge >= 0.3 is 11.9 Å². The molecule has 196 valence electrons. The lowest BCUT2D eigenvalue weighted by molar-refractivity contribution is 0.0600. The number of halogens is 1. The van der Waals surface area contributed by atoms with Crippen LogP contribution in [-0.2, 0) is 4.74 Å². The van der Waals surface area contributed by atoms with Gasteiger partial charge in [-0.25, -0.2) is 9.59 Å². The highest BCUT2D eigenvalue weighted by Gasteiger charge is 2.16. The predicted molar refractivity (Wildman–Crippen MR) is 166 cm³/mol. The van der Waals surface area contributed by atoms with Gasteiger partial charge in [0.2, 0.25) is 0 Å². The fourth-order valence-electron chi connectivity index (χ4n) is 4.91. The number of benzene rings is 5. The van der Waals surface area contributed by atoms with E-state index in [0.29, 0.717) is 11.1 Å². The summed E-state index contributed by atoms with van der Waals surface area (Å²) in [6.07, 6.45) is 0. The largest absolute Gasteiger partial charge is 0.478 e. The van der Waals surface area contributed by atoms with E-state index in [1.807, 2.05) is 67.3 Å². The van der Waals surface area contributed by atoms with E-state index in [-0.39, 0.29) is 11.5 Å². The normalized spacial score (nSPS) is 11.0. The van der Waals surface area contributed by atoms with Gasteiger partial charge in [-0.3, -0.25) is 0 Å². The zero-order valence-electron chi connectivity index (χ0n) is 21.8. The summed E-state index contributed by atoms with van der Waals surface area (Å²) < 4.78 is 17.2. The first-order chi connectivity index (χ1) is 19.0. The second-order valence-electron chi connectivity index (χ2n) is 8.67. The van der Waals surface area contributed by atoms with Crippen LogP contribution < -0.4 is 0 Å². The third-order valence-corrected chi connectivity index (χ3v) is 6.65. The van der Waals surface area contributed by atoms with Crippen LogP contribution in [0.25, 0.3) is 65.4 Å². The number of carboxylic acid groups (broad SMARTS) is 1. The van der Waals surface area contributed by atoms with Gasteiger partial charge in [0.05, 0.1) is 18.2 Å². The Hall–Kier alpha value is -4.11. The molecule has 0 aliphatic rings. The molecule has 0 bridgehead atoms. The van der Waals surface area contributed by atoms with Crippen molar-refractivity contribution >= 4 is 100.0 Å². The molecule has 0 aliphatic carbocycles. The Balaban J connectivity index is 0.000000738. The summed E-state index contributed by atoms with van der Waals surface area (Å²) in [5.74, 6) is -1.34. The van der Waals surface area contributed by atoms with E-state index in [9.17, 15) is 14.7 Å². The number of methoxy groups -OCH3 is 1. The second kappa shape index (κ2) is 10.6. The number of alkyl halides is 1. The Kier molecular flexibility index (Phi) is 7.18. The summed E-state index contributed by atoms with van der Waals surface area (Å²) >= 11 is 2.15. The standard InChI is InChI=1S/C29H16O6.C2H6.CH3I/c1-33-29(32)17-5-3-15-9-21-23-13-26-22(12-27(23)35-25(21)11-19(15)7-17)20-8-14-2-4-16(28(30)31)6-18(14)10-24(20)34-26;2*1-2/h2-13H,1H3,(H,30,31);1-2H3;1H3. The number of rotatable bonds is 2. The lowest BCUT2D eigenvalue weighted by atomic mass is 10.0. The lowest BCUT2D eigenvalue weighted by Crippen LogP contribution is -2.00. The number of aromatic carboxylic acids is 1. The van der Waals surface area contributed by atoms with E-state index >= 15 is 0 Å². The maximum atomic E-state index is 11.9. The highest BCUT2D eigenvalue weighted by atomic mass is 127. The molecule has 39 heavy (non-hydrogen) atoms. The summed E-state index contributed by atoms with van der Waals surface area (Å²) in [5, 5.41) is 16.7. The van der Waals surface area contributed by atoms with Crippen LogP contribution >= 0.6 is 22.6 Å². The first-order valence-corrected chi connectivity index (χ1v) is 14.5. The van der Waals surface area contributed by atoms with Gasteiger partial charge in [0, 0.05) is 21.5 Å². The molecule has 0 atom stereocenters. The summed E-state index contributed by atoms with van der Waals surface area (Å²) in [5.41, 5.74) is 3.60. The van der Waals surface area contributed by atoms with Crippen molar-refractivity contribution in [2.24, 2.45) is 0 Å². The van der Waals surface area contributed by atoms with E-state index in [2.05, 4.69) is 22.6 Å². The van der Waals surface area contributed by atoms with E-state index in [1.165, 1.54) is 7.11 Å². The molecule has 2 heterocycles. The number of esters is 1. The molecule has 7 heteroatoms. The number of hydrogen-bond donors (Lipinski definition) is 1. The highest BCUT2D eigenvalue weighted by molar-refractivity contribution is 14.1. The summed E-state index contributed by atoms with van der Waals surface area (Å²) in [6.45, 7) is 4.00. The summed E-state index contributed by atoms with van der Waals surface area (Å²) in [4.78, 5) is 25.2. The zero-order valence-corrected chi connectivity index (χ0v) is 24.0. The quantitative estimate of drug-likeness (QED) is 0.116. The highest BCUT2D eigenvalue weighted by Crippen LogP contribution is 2.39. The Labute approximate surface area is 237 Å². The fourth-order valence-corrected chi connectivity index (χ4v) is 4.91. The molecule has 5 aromatic carbocycles. The van der Waals surface area contributed by atoms with Crippen molar-refractivity contribution < 1.29 is 28.3 Å². The minimum absolute atomic E-state index is 0.239. The molecule has 0 saturated heterocycles. The van der Waals surface area contributed by atoms with Crippen molar-refractivity contribution in [1.29, 1.82) is 0 Å². The van der Waals surface area contributed by atoms with Gasteiger partial charge in [-0.1, -0.05) is 48.6 Å². The molecule has 0 aliphatic heterocycles. The minimum Gasteiger partial charge on any atom is -0.478 e. The van der Waals surface area contributed by atoms with Crippen molar-refractivity contribution in [1.82, 2.24) is 0 Å². The molecule has 1 N–H and O–H groups in total. The van der Waals surface area contributed by atoms with E-state index in [4.69, 9.17) is 13.6 Å². The van der Waals surface area contributed by atoms with Gasteiger partial charge in [-0.15, -0.1) is 0 Å². The maximum absolute atomic E-state index is 11.9. The molecule has 0 fully saturated rings. The van der Waals surface area contributed by atoms with Crippen molar-refractivity contribution in [3.05, 3.63) is 83.9 Å². The Morgan fingerprint density at radius 2 is 1.03 bits per heavy atom. The average molecular weight is 632 g/mol. The van der Waals surface area contributed by atoms with Crippen LogP contribution in [0.4, 0.5) is 0 Å². The monoisotopic (exact) mass is 632 g/mol. The fraction of sp³-hybridized carbons (Fsp3) is 0.125. The number of ether oxygens (including phenoxy) is 1. The van der Waals surface area contributed by atoms with E-state index in [0.717, 1.165) is 59.8 Å². The van der Waals surface area contributed by atoms with Gasteiger partial charge in [-0.2, -0.15) is 0 Å². The molecular weight excluding hydrogens is 607 g/mol. The molecule has 0 saturated carbocycles. The van der Waals surface area contributed by atoms with Gasteiger partial charge in [0.25, 0.3) is 0 Å². The topological polar surface area (TPSA) is 89.9 Å². The number of carbonyl (C=O) groups excluding carboxylic acids is 1. The third kappa shape index (κ3) is 4.46. The Morgan fingerprint density at radius 3 is 1.49 bits per heavy atom. The molecular formula is C32H25IO6.